The third-order valence-corrected chi connectivity index (χ3v) is 2.01. The summed E-state index contributed by atoms with van der Waals surface area (Å²) in [6, 6.07) is 1.92. The van der Waals surface area contributed by atoms with Gasteiger partial charge in [-0.25, -0.2) is 4.39 Å². The van der Waals surface area contributed by atoms with E-state index in [-0.39, 0.29) is 0 Å². The number of nitrogens with zero attached hydrogens (tertiary/aromatic N) is 2. The number of halogens is 1. The van der Waals surface area contributed by atoms with E-state index in [1.54, 1.807) is 32.3 Å². The van der Waals surface area contributed by atoms with E-state index >= 15 is 0 Å². The maximum Gasteiger partial charge on any atom is 0.202 e. The minimum Gasteiger partial charge on any atom is -0.273 e. The van der Waals surface area contributed by atoms with Crippen LogP contribution < -0.4 is 0 Å². The predicted molar refractivity (Wildman–Crippen MR) is 44.9 cm³/mol. The van der Waals surface area contributed by atoms with Crippen LogP contribution in [0.15, 0.2) is 24.3 Å². The largest absolute Gasteiger partial charge is 0.273 e. The SMILES string of the molecule is CN(C)C1(F)C=CC=CC1C#N. The summed E-state index contributed by atoms with van der Waals surface area (Å²) < 4.78 is 13.9. The van der Waals surface area contributed by atoms with Gasteiger partial charge in [0.05, 0.1) is 6.07 Å². The Bertz CT molecular complexity index is 262. The summed E-state index contributed by atoms with van der Waals surface area (Å²) >= 11 is 0. The molecule has 0 fully saturated rings. The second kappa shape index (κ2) is 3.08. The van der Waals surface area contributed by atoms with Gasteiger partial charge in [0, 0.05) is 0 Å². The molecule has 1 aliphatic carbocycles. The highest BCUT2D eigenvalue weighted by molar-refractivity contribution is 5.25. The van der Waals surface area contributed by atoms with Crippen LogP contribution in [-0.4, -0.2) is 24.8 Å². The van der Waals surface area contributed by atoms with E-state index in [0.717, 1.165) is 0 Å². The van der Waals surface area contributed by atoms with Gasteiger partial charge in [0.1, 0.15) is 5.92 Å². The average Bonchev–Trinajstić information content (AvgIpc) is 2.05. The molecule has 0 heterocycles. The lowest BCUT2D eigenvalue weighted by atomic mass is 9.93. The van der Waals surface area contributed by atoms with Crippen LogP contribution in [0.1, 0.15) is 0 Å². The van der Waals surface area contributed by atoms with Crippen molar-refractivity contribution in [3.8, 4) is 6.07 Å². The third kappa shape index (κ3) is 1.26. The molecule has 0 amide bonds. The number of allylic oxidation sites excluding steroid dienone is 2. The number of hydrogen-bond acceptors (Lipinski definition) is 2. The lowest BCUT2D eigenvalue weighted by Crippen LogP contribution is -2.44. The molecule has 0 saturated heterocycles. The van der Waals surface area contributed by atoms with Crippen LogP contribution in [0.25, 0.3) is 0 Å². The van der Waals surface area contributed by atoms with E-state index in [1.807, 2.05) is 6.07 Å². The first kappa shape index (κ1) is 8.95. The number of alkyl halides is 1. The molecule has 1 aliphatic rings. The summed E-state index contributed by atoms with van der Waals surface area (Å²) in [6.07, 6.45) is 6.28. The van der Waals surface area contributed by atoms with Crippen LogP contribution >= 0.6 is 0 Å². The summed E-state index contributed by atoms with van der Waals surface area (Å²) in [6.45, 7) is 0. The first-order chi connectivity index (χ1) is 5.61. The molecule has 3 heteroatoms. The lowest BCUT2D eigenvalue weighted by molar-refractivity contribution is 0.0286. The van der Waals surface area contributed by atoms with Crippen LogP contribution in [0.4, 0.5) is 4.39 Å². The minimum absolute atomic E-state index is 0.711. The Balaban J connectivity index is 2.96. The maximum atomic E-state index is 13.9. The first-order valence-electron chi connectivity index (χ1n) is 3.73. The van der Waals surface area contributed by atoms with Gasteiger partial charge in [-0.3, -0.25) is 4.90 Å². The molecule has 12 heavy (non-hydrogen) atoms. The molecule has 2 atom stereocenters. The van der Waals surface area contributed by atoms with Crippen LogP contribution in [0.5, 0.6) is 0 Å². The predicted octanol–water partition coefficient (Wildman–Crippen LogP) is 1.48. The van der Waals surface area contributed by atoms with Gasteiger partial charge in [0.2, 0.25) is 5.79 Å². The molecular formula is C9H11FN2. The second-order valence-electron chi connectivity index (χ2n) is 2.97. The molecule has 64 valence electrons. The van der Waals surface area contributed by atoms with Crippen molar-refractivity contribution in [2.45, 2.75) is 5.79 Å². The maximum absolute atomic E-state index is 13.9. The van der Waals surface area contributed by atoms with E-state index in [1.165, 1.54) is 11.0 Å². The molecular weight excluding hydrogens is 155 g/mol. The number of likely N-dealkylation sites (N-methyl/N-ethyl adjacent to an activating group) is 1. The van der Waals surface area contributed by atoms with E-state index in [0.29, 0.717) is 0 Å². The van der Waals surface area contributed by atoms with Crippen molar-refractivity contribution < 1.29 is 4.39 Å². The van der Waals surface area contributed by atoms with Crippen molar-refractivity contribution in [1.82, 2.24) is 4.90 Å². The van der Waals surface area contributed by atoms with Crippen LogP contribution in [0, 0.1) is 17.2 Å². The summed E-state index contributed by atoms with van der Waals surface area (Å²) in [4.78, 5) is 1.40. The summed E-state index contributed by atoms with van der Waals surface area (Å²) in [7, 11) is 3.24. The van der Waals surface area contributed by atoms with Crippen molar-refractivity contribution in [3.05, 3.63) is 24.3 Å². The Kier molecular flexibility index (Phi) is 2.30. The fraction of sp³-hybridized carbons (Fsp3) is 0.444. The van der Waals surface area contributed by atoms with E-state index in [2.05, 4.69) is 0 Å². The highest BCUT2D eigenvalue weighted by Crippen LogP contribution is 2.29. The van der Waals surface area contributed by atoms with Gasteiger partial charge in [-0.2, -0.15) is 5.26 Å². The number of hydrogen-bond donors (Lipinski definition) is 0. The Morgan fingerprint density at radius 3 is 2.58 bits per heavy atom. The first-order valence-corrected chi connectivity index (χ1v) is 3.73. The van der Waals surface area contributed by atoms with Crippen molar-refractivity contribution in [2.24, 2.45) is 5.92 Å². The molecule has 0 spiro atoms. The lowest BCUT2D eigenvalue weighted by Gasteiger charge is -2.32. The summed E-state index contributed by atoms with van der Waals surface area (Å²) in [5, 5.41) is 8.67. The van der Waals surface area contributed by atoms with E-state index in [9.17, 15) is 4.39 Å². The van der Waals surface area contributed by atoms with Gasteiger partial charge in [-0.1, -0.05) is 18.2 Å². The Morgan fingerprint density at radius 2 is 2.17 bits per heavy atom. The van der Waals surface area contributed by atoms with Crippen molar-refractivity contribution in [1.29, 1.82) is 5.26 Å². The van der Waals surface area contributed by atoms with Gasteiger partial charge in [0.25, 0.3) is 0 Å². The fourth-order valence-corrected chi connectivity index (χ4v) is 1.17. The highest BCUT2D eigenvalue weighted by atomic mass is 19.1. The van der Waals surface area contributed by atoms with Crippen molar-refractivity contribution in [2.75, 3.05) is 14.1 Å². The normalized spacial score (nSPS) is 33.8. The van der Waals surface area contributed by atoms with Gasteiger partial charge in [-0.15, -0.1) is 0 Å². The van der Waals surface area contributed by atoms with E-state index < -0.39 is 11.7 Å². The van der Waals surface area contributed by atoms with Crippen molar-refractivity contribution in [3.63, 3.8) is 0 Å². The molecule has 1 rings (SSSR count). The van der Waals surface area contributed by atoms with Crippen LogP contribution in [0.3, 0.4) is 0 Å². The Morgan fingerprint density at radius 1 is 1.50 bits per heavy atom. The molecule has 0 N–H and O–H groups in total. The number of nitriles is 1. The van der Waals surface area contributed by atoms with Crippen LogP contribution in [-0.2, 0) is 0 Å². The topological polar surface area (TPSA) is 27.0 Å². The van der Waals surface area contributed by atoms with Crippen molar-refractivity contribution >= 4 is 0 Å². The standard InChI is InChI=1S/C9H11FN2/c1-12(2)9(10)6-4-3-5-8(9)7-11/h3-6,8H,1-2H3. The smallest absolute Gasteiger partial charge is 0.202 e. The van der Waals surface area contributed by atoms with E-state index in [4.69, 9.17) is 5.26 Å². The second-order valence-corrected chi connectivity index (χ2v) is 2.97. The zero-order valence-corrected chi connectivity index (χ0v) is 7.16. The minimum atomic E-state index is -1.65. The van der Waals surface area contributed by atoms with Gasteiger partial charge < -0.3 is 0 Å². The molecule has 2 nitrogen and oxygen atoms in total. The average molecular weight is 166 g/mol. The number of rotatable bonds is 1. The zero-order chi connectivity index (χ0) is 9.19. The van der Waals surface area contributed by atoms with Gasteiger partial charge in [0.15, 0.2) is 0 Å². The molecule has 0 saturated carbocycles. The molecule has 0 aliphatic heterocycles. The monoisotopic (exact) mass is 166 g/mol. The summed E-state index contributed by atoms with van der Waals surface area (Å²) in [5.41, 5.74) is 0. The quantitative estimate of drug-likeness (QED) is 0.552. The van der Waals surface area contributed by atoms with Crippen LogP contribution in [0.2, 0.25) is 0 Å². The third-order valence-electron chi connectivity index (χ3n) is 2.01. The molecule has 0 aromatic carbocycles. The zero-order valence-electron chi connectivity index (χ0n) is 7.16. The highest BCUT2D eigenvalue weighted by Gasteiger charge is 2.38. The molecule has 0 aromatic heterocycles. The fourth-order valence-electron chi connectivity index (χ4n) is 1.17. The van der Waals surface area contributed by atoms with Gasteiger partial charge >= 0.3 is 0 Å². The molecule has 2 unspecified atom stereocenters. The Labute approximate surface area is 71.6 Å². The Hall–Kier alpha value is -1.14. The molecule has 0 bridgehead atoms. The van der Waals surface area contributed by atoms with Gasteiger partial charge in [-0.05, 0) is 20.2 Å². The summed E-state index contributed by atoms with van der Waals surface area (Å²) in [5.74, 6) is -2.36. The molecule has 0 radical (unpaired) electrons. The molecule has 0 aromatic rings.